The van der Waals surface area contributed by atoms with E-state index in [1.54, 1.807) is 31.2 Å². The van der Waals surface area contributed by atoms with Gasteiger partial charge in [0, 0.05) is 19.2 Å². The van der Waals surface area contributed by atoms with Gasteiger partial charge in [0.25, 0.3) is 5.69 Å². The first-order valence-electron chi connectivity index (χ1n) is 7.55. The van der Waals surface area contributed by atoms with E-state index < -0.39 is 4.92 Å². The Bertz CT molecular complexity index is 728. The monoisotopic (exact) mass is 328 g/mol. The zero-order chi connectivity index (χ0) is 17.7. The second-order valence-electron chi connectivity index (χ2n) is 5.56. The summed E-state index contributed by atoms with van der Waals surface area (Å²) in [6.45, 7) is 1.85. The molecule has 0 aliphatic rings. The molecule has 0 spiro atoms. The van der Waals surface area contributed by atoms with Gasteiger partial charge in [-0.2, -0.15) is 0 Å². The van der Waals surface area contributed by atoms with Crippen molar-refractivity contribution in [3.8, 4) is 5.75 Å². The van der Waals surface area contributed by atoms with Crippen molar-refractivity contribution in [1.29, 1.82) is 0 Å². The Kier molecular flexibility index (Phi) is 5.52. The Morgan fingerprint density at radius 2 is 1.92 bits per heavy atom. The minimum Gasteiger partial charge on any atom is -0.497 e. The fourth-order valence-corrected chi connectivity index (χ4v) is 2.38. The molecule has 1 atom stereocenters. The summed E-state index contributed by atoms with van der Waals surface area (Å²) < 4.78 is 5.10. The van der Waals surface area contributed by atoms with Crippen molar-refractivity contribution in [2.24, 2.45) is 0 Å². The third-order valence-electron chi connectivity index (χ3n) is 4.05. The minimum absolute atomic E-state index is 0.0235. The fraction of sp³-hybridized carbons (Fsp3) is 0.278. The van der Waals surface area contributed by atoms with E-state index in [1.807, 2.05) is 31.2 Å². The van der Waals surface area contributed by atoms with Gasteiger partial charge in [-0.3, -0.25) is 14.9 Å². The summed E-state index contributed by atoms with van der Waals surface area (Å²) in [5, 5.41) is 10.9. The lowest BCUT2D eigenvalue weighted by Crippen LogP contribution is -2.31. The number of non-ortho nitro benzene ring substituents is 1. The normalized spacial score (nSPS) is 11.6. The summed E-state index contributed by atoms with van der Waals surface area (Å²) in [5.74, 6) is 0.684. The predicted molar refractivity (Wildman–Crippen MR) is 91.0 cm³/mol. The summed E-state index contributed by atoms with van der Waals surface area (Å²) in [5.41, 5.74) is 1.64. The fourth-order valence-electron chi connectivity index (χ4n) is 2.38. The van der Waals surface area contributed by atoms with Crippen molar-refractivity contribution < 1.29 is 14.5 Å². The number of nitrogens with zero attached hydrogens (tertiary/aromatic N) is 2. The average molecular weight is 328 g/mol. The number of likely N-dealkylation sites (N-methyl/N-ethyl adjacent to an activating group) is 1. The smallest absolute Gasteiger partial charge is 0.269 e. The summed E-state index contributed by atoms with van der Waals surface area (Å²) >= 11 is 0. The van der Waals surface area contributed by atoms with Gasteiger partial charge in [-0.1, -0.05) is 24.3 Å². The molecule has 0 saturated carbocycles. The van der Waals surface area contributed by atoms with Crippen LogP contribution in [0.5, 0.6) is 5.75 Å². The number of carbonyl (C=O) groups excluding carboxylic acids is 1. The Labute approximate surface area is 140 Å². The topological polar surface area (TPSA) is 72.7 Å². The van der Waals surface area contributed by atoms with Crippen LogP contribution in [0.3, 0.4) is 0 Å². The molecule has 2 rings (SSSR count). The molecule has 2 aromatic rings. The first-order chi connectivity index (χ1) is 11.4. The van der Waals surface area contributed by atoms with E-state index in [4.69, 9.17) is 4.74 Å². The predicted octanol–water partition coefficient (Wildman–Crippen LogP) is 3.37. The molecule has 1 amide bonds. The Balaban J connectivity index is 2.08. The first-order valence-corrected chi connectivity index (χ1v) is 7.55. The molecule has 6 heteroatoms. The lowest BCUT2D eigenvalue weighted by molar-refractivity contribution is -0.384. The quantitative estimate of drug-likeness (QED) is 0.602. The average Bonchev–Trinajstić information content (AvgIpc) is 2.61. The van der Waals surface area contributed by atoms with Crippen molar-refractivity contribution >= 4 is 11.6 Å². The number of amides is 1. The second-order valence-corrected chi connectivity index (χ2v) is 5.56. The van der Waals surface area contributed by atoms with Crippen molar-refractivity contribution in [3.63, 3.8) is 0 Å². The molecule has 0 fully saturated rings. The number of rotatable bonds is 6. The van der Waals surface area contributed by atoms with Gasteiger partial charge in [0.1, 0.15) is 5.75 Å². The summed E-state index contributed by atoms with van der Waals surface area (Å²) in [6.07, 6.45) is 0.264. The van der Waals surface area contributed by atoms with E-state index in [0.29, 0.717) is 0 Å². The summed E-state index contributed by atoms with van der Waals surface area (Å²) in [4.78, 5) is 24.5. The molecule has 0 bridgehead atoms. The highest BCUT2D eigenvalue weighted by molar-refractivity contribution is 5.79. The minimum atomic E-state index is -0.435. The van der Waals surface area contributed by atoms with Gasteiger partial charge in [0.2, 0.25) is 5.91 Å². The molecule has 2 aromatic carbocycles. The maximum absolute atomic E-state index is 12.5. The van der Waals surface area contributed by atoms with Gasteiger partial charge >= 0.3 is 0 Å². The van der Waals surface area contributed by atoms with Crippen molar-refractivity contribution in [2.45, 2.75) is 19.4 Å². The molecule has 0 aromatic heterocycles. The summed E-state index contributed by atoms with van der Waals surface area (Å²) in [7, 11) is 3.30. The van der Waals surface area contributed by atoms with Crippen LogP contribution in [0, 0.1) is 10.1 Å². The van der Waals surface area contributed by atoms with Crippen LogP contribution in [0.15, 0.2) is 48.5 Å². The number of nitro benzene ring substituents is 1. The van der Waals surface area contributed by atoms with Gasteiger partial charge in [-0.15, -0.1) is 0 Å². The van der Waals surface area contributed by atoms with Gasteiger partial charge in [-0.25, -0.2) is 0 Å². The Morgan fingerprint density at radius 1 is 1.25 bits per heavy atom. The zero-order valence-electron chi connectivity index (χ0n) is 13.9. The lowest BCUT2D eigenvalue weighted by atomic mass is 10.1. The van der Waals surface area contributed by atoms with E-state index in [0.717, 1.165) is 16.9 Å². The number of ether oxygens (including phenoxy) is 1. The standard InChI is InChI=1S/C18H20N2O4/c1-13(15-5-4-6-16(12-15)20(22)23)19(2)18(21)11-14-7-9-17(24-3)10-8-14/h4-10,12-13H,11H2,1-3H3/t13-/m1/s1. The van der Waals surface area contributed by atoms with Crippen LogP contribution in [0.1, 0.15) is 24.1 Å². The van der Waals surface area contributed by atoms with E-state index in [2.05, 4.69) is 0 Å². The second kappa shape index (κ2) is 7.59. The first kappa shape index (κ1) is 17.5. The van der Waals surface area contributed by atoms with Gasteiger partial charge in [-0.05, 0) is 30.2 Å². The molecule has 0 N–H and O–H groups in total. The highest BCUT2D eigenvalue weighted by Crippen LogP contribution is 2.23. The SMILES string of the molecule is COc1ccc(CC(=O)N(C)[C@H](C)c2cccc([N+](=O)[O-])c2)cc1. The van der Waals surface area contributed by atoms with E-state index in [-0.39, 0.29) is 24.1 Å². The molecule has 0 radical (unpaired) electrons. The molecule has 126 valence electrons. The zero-order valence-corrected chi connectivity index (χ0v) is 13.9. The van der Waals surface area contributed by atoms with Crippen LogP contribution >= 0.6 is 0 Å². The molecule has 24 heavy (non-hydrogen) atoms. The number of methoxy groups -OCH3 is 1. The molecule has 6 nitrogen and oxygen atoms in total. The van der Waals surface area contributed by atoms with Crippen LogP contribution in [0.4, 0.5) is 5.69 Å². The largest absolute Gasteiger partial charge is 0.497 e. The van der Waals surface area contributed by atoms with Crippen molar-refractivity contribution in [1.82, 2.24) is 4.90 Å². The maximum atomic E-state index is 12.5. The van der Waals surface area contributed by atoms with Crippen LogP contribution < -0.4 is 4.74 Å². The van der Waals surface area contributed by atoms with E-state index in [9.17, 15) is 14.9 Å². The number of nitro groups is 1. The van der Waals surface area contributed by atoms with Gasteiger partial charge in [0.05, 0.1) is 24.5 Å². The van der Waals surface area contributed by atoms with Gasteiger partial charge < -0.3 is 9.64 Å². The number of carbonyl (C=O) groups is 1. The Morgan fingerprint density at radius 3 is 2.50 bits per heavy atom. The molecule has 0 aliphatic carbocycles. The molecule has 0 aliphatic heterocycles. The highest BCUT2D eigenvalue weighted by Gasteiger charge is 2.19. The molecular formula is C18H20N2O4. The third-order valence-corrected chi connectivity index (χ3v) is 4.05. The van der Waals surface area contributed by atoms with Crippen LogP contribution in [-0.2, 0) is 11.2 Å². The number of benzene rings is 2. The van der Waals surface area contributed by atoms with Gasteiger partial charge in [0.15, 0.2) is 0 Å². The van der Waals surface area contributed by atoms with Crippen LogP contribution in [0.25, 0.3) is 0 Å². The number of hydrogen-bond acceptors (Lipinski definition) is 4. The third kappa shape index (κ3) is 4.10. The Hall–Kier alpha value is -2.89. The lowest BCUT2D eigenvalue weighted by Gasteiger charge is -2.25. The maximum Gasteiger partial charge on any atom is 0.269 e. The van der Waals surface area contributed by atoms with E-state index >= 15 is 0 Å². The highest BCUT2D eigenvalue weighted by atomic mass is 16.6. The molecule has 0 saturated heterocycles. The summed E-state index contributed by atoms with van der Waals surface area (Å²) in [6, 6.07) is 13.4. The number of hydrogen-bond donors (Lipinski definition) is 0. The van der Waals surface area contributed by atoms with Crippen molar-refractivity contribution in [3.05, 3.63) is 69.8 Å². The van der Waals surface area contributed by atoms with Crippen LogP contribution in [0.2, 0.25) is 0 Å². The molecule has 0 heterocycles. The van der Waals surface area contributed by atoms with Crippen LogP contribution in [-0.4, -0.2) is 29.9 Å². The molecular weight excluding hydrogens is 308 g/mol. The van der Waals surface area contributed by atoms with Crippen molar-refractivity contribution in [2.75, 3.05) is 14.2 Å². The van der Waals surface area contributed by atoms with E-state index in [1.165, 1.54) is 12.1 Å². The molecule has 0 unspecified atom stereocenters.